The van der Waals surface area contributed by atoms with E-state index in [2.05, 4.69) is 26.7 Å². The highest BCUT2D eigenvalue weighted by molar-refractivity contribution is 6.10. The van der Waals surface area contributed by atoms with Crippen molar-refractivity contribution in [2.24, 2.45) is 7.05 Å². The Morgan fingerprint density at radius 1 is 1.26 bits per heavy atom. The molecule has 1 aliphatic rings. The number of aryl methyl sites for hydroxylation is 1. The quantitative estimate of drug-likeness (QED) is 0.506. The first-order valence-electron chi connectivity index (χ1n) is 11.0. The van der Waals surface area contributed by atoms with Crippen LogP contribution in [-0.4, -0.2) is 45.0 Å². The number of amides is 1. The second-order valence-corrected chi connectivity index (χ2v) is 8.33. The number of aromatic nitrogens is 4. The lowest BCUT2D eigenvalue weighted by atomic mass is 10.0. The highest BCUT2D eigenvalue weighted by Crippen LogP contribution is 2.31. The standard InChI is InChI=1S/C25H22FN7O/c1-32-15-23(30-31-32)18-5-7-21(22(26)12-18)25(34)33(19-3-2-9-28-14-19)24-20-6-4-16(13-27)11-17(20)8-10-29-24/h4-8,10-12,15,19,28H,2-3,9,14H2,1H3. The molecule has 1 unspecified atom stereocenters. The molecule has 8 nitrogen and oxygen atoms in total. The van der Waals surface area contributed by atoms with Crippen molar-refractivity contribution < 1.29 is 9.18 Å². The van der Waals surface area contributed by atoms with Crippen LogP contribution in [-0.2, 0) is 7.05 Å². The number of benzene rings is 2. The zero-order valence-electron chi connectivity index (χ0n) is 18.6. The second-order valence-electron chi connectivity index (χ2n) is 8.33. The predicted octanol–water partition coefficient (Wildman–Crippen LogP) is 3.44. The van der Waals surface area contributed by atoms with E-state index in [1.165, 1.54) is 16.8 Å². The van der Waals surface area contributed by atoms with E-state index >= 15 is 4.39 Å². The molecule has 0 aliphatic carbocycles. The smallest absolute Gasteiger partial charge is 0.262 e. The van der Waals surface area contributed by atoms with E-state index in [0.717, 1.165) is 30.2 Å². The second kappa shape index (κ2) is 9.00. The zero-order chi connectivity index (χ0) is 23.7. The molecule has 1 saturated heterocycles. The Bertz CT molecular complexity index is 1420. The fourth-order valence-electron chi connectivity index (χ4n) is 4.37. The zero-order valence-corrected chi connectivity index (χ0v) is 18.6. The van der Waals surface area contributed by atoms with Gasteiger partial charge in [-0.15, -0.1) is 5.10 Å². The van der Waals surface area contributed by atoms with Crippen LogP contribution >= 0.6 is 0 Å². The maximum absolute atomic E-state index is 15.3. The van der Waals surface area contributed by atoms with Crippen molar-refractivity contribution in [1.29, 1.82) is 5.26 Å². The summed E-state index contributed by atoms with van der Waals surface area (Å²) in [4.78, 5) is 19.9. The third-order valence-corrected chi connectivity index (χ3v) is 6.05. The van der Waals surface area contributed by atoms with E-state index in [-0.39, 0.29) is 11.6 Å². The third kappa shape index (κ3) is 4.00. The molecular formula is C25H22FN7O. The van der Waals surface area contributed by atoms with E-state index < -0.39 is 11.7 Å². The number of halogens is 1. The normalized spacial score (nSPS) is 15.7. The summed E-state index contributed by atoms with van der Waals surface area (Å²) < 4.78 is 16.8. The summed E-state index contributed by atoms with van der Waals surface area (Å²) in [6, 6.07) is 13.5. The lowest BCUT2D eigenvalue weighted by Crippen LogP contribution is -2.49. The Kier molecular flexibility index (Phi) is 5.74. The van der Waals surface area contributed by atoms with Gasteiger partial charge in [-0.25, -0.2) is 9.37 Å². The van der Waals surface area contributed by atoms with Crippen LogP contribution in [0.3, 0.4) is 0 Å². The van der Waals surface area contributed by atoms with Crippen molar-refractivity contribution in [1.82, 2.24) is 25.3 Å². The van der Waals surface area contributed by atoms with Gasteiger partial charge in [-0.3, -0.25) is 14.4 Å². The molecule has 170 valence electrons. The summed E-state index contributed by atoms with van der Waals surface area (Å²) in [5, 5.41) is 22.0. The number of nitriles is 1. The minimum atomic E-state index is -0.631. The molecule has 1 N–H and O–H groups in total. The van der Waals surface area contributed by atoms with Crippen LogP contribution in [0.1, 0.15) is 28.8 Å². The molecule has 5 rings (SSSR count). The molecule has 34 heavy (non-hydrogen) atoms. The van der Waals surface area contributed by atoms with Gasteiger partial charge in [0.1, 0.15) is 17.3 Å². The highest BCUT2D eigenvalue weighted by atomic mass is 19.1. The molecule has 1 atom stereocenters. The van der Waals surface area contributed by atoms with Crippen molar-refractivity contribution in [3.05, 3.63) is 71.8 Å². The lowest BCUT2D eigenvalue weighted by molar-refractivity contribution is 0.0968. The number of hydrogen-bond donors (Lipinski definition) is 1. The summed E-state index contributed by atoms with van der Waals surface area (Å²) in [5.74, 6) is -0.631. The monoisotopic (exact) mass is 455 g/mol. The van der Waals surface area contributed by atoms with E-state index in [4.69, 9.17) is 0 Å². The number of nitrogens with one attached hydrogen (secondary N) is 1. The number of anilines is 1. The number of pyridine rings is 1. The molecular weight excluding hydrogens is 433 g/mol. The van der Waals surface area contributed by atoms with Crippen LogP contribution in [0.25, 0.3) is 22.0 Å². The van der Waals surface area contributed by atoms with Gasteiger partial charge in [0.15, 0.2) is 0 Å². The van der Waals surface area contributed by atoms with Gasteiger partial charge in [0.2, 0.25) is 0 Å². The fraction of sp³-hybridized carbons (Fsp3) is 0.240. The van der Waals surface area contributed by atoms with E-state index in [9.17, 15) is 10.1 Å². The summed E-state index contributed by atoms with van der Waals surface area (Å²) in [6.45, 7) is 1.45. The first kappa shape index (κ1) is 21.7. The molecule has 4 aromatic rings. The third-order valence-electron chi connectivity index (χ3n) is 6.05. The average Bonchev–Trinajstić information content (AvgIpc) is 3.30. The molecule has 0 bridgehead atoms. The van der Waals surface area contributed by atoms with Crippen molar-refractivity contribution in [2.75, 3.05) is 18.0 Å². The number of carbonyl (C=O) groups is 1. The van der Waals surface area contributed by atoms with Crippen molar-refractivity contribution >= 4 is 22.5 Å². The molecule has 1 aliphatic heterocycles. The van der Waals surface area contributed by atoms with E-state index in [1.807, 2.05) is 0 Å². The Morgan fingerprint density at radius 2 is 2.15 bits per heavy atom. The van der Waals surface area contributed by atoms with Gasteiger partial charge in [0.05, 0.1) is 29.4 Å². The average molecular weight is 455 g/mol. The maximum atomic E-state index is 15.3. The molecule has 1 fully saturated rings. The topological polar surface area (TPSA) is 99.7 Å². The van der Waals surface area contributed by atoms with Gasteiger partial charge >= 0.3 is 0 Å². The van der Waals surface area contributed by atoms with Crippen molar-refractivity contribution in [2.45, 2.75) is 18.9 Å². The van der Waals surface area contributed by atoms with Gasteiger partial charge in [0.25, 0.3) is 5.91 Å². The van der Waals surface area contributed by atoms with Crippen LogP contribution in [0.5, 0.6) is 0 Å². The minimum Gasteiger partial charge on any atom is -0.315 e. The molecule has 0 spiro atoms. The maximum Gasteiger partial charge on any atom is 0.262 e. The first-order chi connectivity index (χ1) is 16.5. The molecule has 0 radical (unpaired) electrons. The Labute approximate surface area is 195 Å². The molecule has 9 heteroatoms. The molecule has 2 aromatic carbocycles. The summed E-state index contributed by atoms with van der Waals surface area (Å²) in [5.41, 5.74) is 1.55. The number of rotatable bonds is 4. The van der Waals surface area contributed by atoms with Crippen LogP contribution in [0.2, 0.25) is 0 Å². The summed E-state index contributed by atoms with van der Waals surface area (Å²) >= 11 is 0. The van der Waals surface area contributed by atoms with Crippen molar-refractivity contribution in [3.63, 3.8) is 0 Å². The van der Waals surface area contributed by atoms with Gasteiger partial charge in [0, 0.05) is 30.7 Å². The first-order valence-corrected chi connectivity index (χ1v) is 11.0. The van der Waals surface area contributed by atoms with Gasteiger partial charge < -0.3 is 5.32 Å². The Hall–Kier alpha value is -4.16. The SMILES string of the molecule is Cn1cc(-c2ccc(C(=O)N(c3nccc4cc(C#N)ccc34)C3CCCNC3)c(F)c2)nn1. The summed E-state index contributed by atoms with van der Waals surface area (Å²) in [6.07, 6.45) is 4.97. The minimum absolute atomic E-state index is 0.0364. The highest BCUT2D eigenvalue weighted by Gasteiger charge is 2.31. The largest absolute Gasteiger partial charge is 0.315 e. The number of fused-ring (bicyclic) bond motifs is 1. The molecule has 3 heterocycles. The molecule has 2 aromatic heterocycles. The van der Waals surface area contributed by atoms with Gasteiger partial charge in [-0.05, 0) is 61.2 Å². The van der Waals surface area contributed by atoms with Crippen molar-refractivity contribution in [3.8, 4) is 17.3 Å². The lowest BCUT2D eigenvalue weighted by Gasteiger charge is -2.34. The van der Waals surface area contributed by atoms with Crippen LogP contribution < -0.4 is 10.2 Å². The Balaban J connectivity index is 1.59. The van der Waals surface area contributed by atoms with E-state index in [1.54, 1.807) is 54.7 Å². The van der Waals surface area contributed by atoms with E-state index in [0.29, 0.717) is 29.2 Å². The van der Waals surface area contributed by atoms with Crippen LogP contribution in [0.15, 0.2) is 54.9 Å². The fourth-order valence-corrected chi connectivity index (χ4v) is 4.37. The Morgan fingerprint density at radius 3 is 2.85 bits per heavy atom. The molecule has 0 saturated carbocycles. The van der Waals surface area contributed by atoms with Gasteiger partial charge in [-0.1, -0.05) is 11.3 Å². The predicted molar refractivity (Wildman–Crippen MR) is 126 cm³/mol. The number of nitrogens with zero attached hydrogens (tertiary/aromatic N) is 6. The van der Waals surface area contributed by atoms with Crippen LogP contribution in [0, 0.1) is 17.1 Å². The molecule has 1 amide bonds. The van der Waals surface area contributed by atoms with Crippen LogP contribution in [0.4, 0.5) is 10.2 Å². The van der Waals surface area contributed by atoms with Gasteiger partial charge in [-0.2, -0.15) is 5.26 Å². The number of carbonyl (C=O) groups excluding carboxylic acids is 1. The summed E-state index contributed by atoms with van der Waals surface area (Å²) in [7, 11) is 1.73. The number of piperidine rings is 1. The number of hydrogen-bond acceptors (Lipinski definition) is 6.